The summed E-state index contributed by atoms with van der Waals surface area (Å²) in [5, 5.41) is 10.8. The highest BCUT2D eigenvalue weighted by Crippen LogP contribution is 2.76. The van der Waals surface area contributed by atoms with Crippen molar-refractivity contribution in [3.63, 3.8) is 0 Å². The molecule has 0 aliphatic heterocycles. The van der Waals surface area contributed by atoms with Crippen LogP contribution in [-0.4, -0.2) is 35.9 Å². The van der Waals surface area contributed by atoms with Crippen LogP contribution >= 0.6 is 0 Å². The van der Waals surface area contributed by atoms with E-state index in [1.165, 1.54) is 7.11 Å². The topological polar surface area (TPSA) is 80.7 Å². The highest BCUT2D eigenvalue weighted by atomic mass is 16.5. The zero-order chi connectivity index (χ0) is 23.4. The van der Waals surface area contributed by atoms with Crippen LogP contribution in [0, 0.1) is 44.8 Å². The van der Waals surface area contributed by atoms with Gasteiger partial charge in [-0.2, -0.15) is 0 Å². The minimum absolute atomic E-state index is 0.0558. The molecule has 4 aliphatic carbocycles. The van der Waals surface area contributed by atoms with Crippen molar-refractivity contribution in [1.82, 2.24) is 0 Å². The van der Waals surface area contributed by atoms with E-state index in [-0.39, 0.29) is 40.3 Å². The molecule has 0 aromatic carbocycles. The second-order valence-electron chi connectivity index (χ2n) is 12.0. The molecule has 0 radical (unpaired) electrons. The summed E-state index contributed by atoms with van der Waals surface area (Å²) in [6.07, 6.45) is 4.84. The average molecular weight is 431 g/mol. The number of esters is 1. The average Bonchev–Trinajstić information content (AvgIpc) is 2.86. The van der Waals surface area contributed by atoms with Gasteiger partial charge in [-0.25, -0.2) is 0 Å². The molecule has 3 saturated carbocycles. The normalized spacial score (nSPS) is 50.8. The van der Waals surface area contributed by atoms with Gasteiger partial charge in [-0.05, 0) is 74.5 Å². The number of carbonyl (C=O) groups is 3. The maximum Gasteiger partial charge on any atom is 0.321 e. The molecule has 5 nitrogen and oxygen atoms in total. The standard InChI is InChI=1S/C26H38O5/c1-14-13-17-23(5)11-10-18(27)22(3,4)16(23)9-12-24(17,6)26(21(30)31-8)20(29)15(2)19(28)25(14,26)7/h13,15-18,27H,9-12H2,1-8H3. The van der Waals surface area contributed by atoms with Crippen LogP contribution in [0.15, 0.2) is 11.6 Å². The Labute approximate surface area is 186 Å². The molecule has 31 heavy (non-hydrogen) atoms. The van der Waals surface area contributed by atoms with Crippen LogP contribution in [0.4, 0.5) is 0 Å². The summed E-state index contributed by atoms with van der Waals surface area (Å²) in [5.41, 5.74) is -3.05. The van der Waals surface area contributed by atoms with Crippen molar-refractivity contribution in [3.05, 3.63) is 11.6 Å². The summed E-state index contributed by atoms with van der Waals surface area (Å²) in [7, 11) is 1.33. The Bertz CT molecular complexity index is 901. The fraction of sp³-hybridized carbons (Fsp3) is 0.808. The summed E-state index contributed by atoms with van der Waals surface area (Å²) in [6.45, 7) is 14.0. The summed E-state index contributed by atoms with van der Waals surface area (Å²) in [6, 6.07) is 0. The van der Waals surface area contributed by atoms with Gasteiger partial charge in [0.15, 0.2) is 11.6 Å². The van der Waals surface area contributed by atoms with Crippen LogP contribution in [0.1, 0.15) is 74.1 Å². The molecular formula is C26H38O5. The van der Waals surface area contributed by atoms with Crippen LogP contribution in [0.2, 0.25) is 0 Å². The summed E-state index contributed by atoms with van der Waals surface area (Å²) < 4.78 is 5.34. The van der Waals surface area contributed by atoms with E-state index in [4.69, 9.17) is 4.74 Å². The molecular weight excluding hydrogens is 392 g/mol. The van der Waals surface area contributed by atoms with Gasteiger partial charge >= 0.3 is 5.97 Å². The first kappa shape index (κ1) is 22.7. The summed E-state index contributed by atoms with van der Waals surface area (Å²) in [4.78, 5) is 41.1. The number of carbonyl (C=O) groups excluding carboxylic acids is 3. The van der Waals surface area contributed by atoms with Gasteiger partial charge < -0.3 is 9.84 Å². The number of aliphatic hydroxyl groups is 1. The van der Waals surface area contributed by atoms with Gasteiger partial charge in [0, 0.05) is 0 Å². The Hall–Kier alpha value is -1.49. The van der Waals surface area contributed by atoms with Gasteiger partial charge in [0.1, 0.15) is 5.41 Å². The van der Waals surface area contributed by atoms with E-state index in [0.29, 0.717) is 12.8 Å². The van der Waals surface area contributed by atoms with Gasteiger partial charge in [-0.15, -0.1) is 0 Å². The van der Waals surface area contributed by atoms with Crippen molar-refractivity contribution in [3.8, 4) is 0 Å². The van der Waals surface area contributed by atoms with Crippen molar-refractivity contribution >= 4 is 17.5 Å². The van der Waals surface area contributed by atoms with E-state index in [1.54, 1.807) is 13.8 Å². The molecule has 5 heteroatoms. The Kier molecular flexibility index (Phi) is 4.61. The molecule has 8 atom stereocenters. The lowest BCUT2D eigenvalue weighted by Gasteiger charge is -2.68. The molecule has 0 saturated heterocycles. The summed E-state index contributed by atoms with van der Waals surface area (Å²) in [5.74, 6) is -1.62. The van der Waals surface area contributed by atoms with Crippen LogP contribution in [-0.2, 0) is 19.1 Å². The molecule has 3 fully saturated rings. The largest absolute Gasteiger partial charge is 0.468 e. The minimum atomic E-state index is -1.51. The van der Waals surface area contributed by atoms with E-state index in [2.05, 4.69) is 33.8 Å². The van der Waals surface area contributed by atoms with Crippen molar-refractivity contribution < 1.29 is 24.2 Å². The first-order chi connectivity index (χ1) is 14.2. The molecule has 0 amide bonds. The Morgan fingerprint density at radius 3 is 2.26 bits per heavy atom. The third-order valence-electron chi connectivity index (χ3n) is 10.8. The zero-order valence-corrected chi connectivity index (χ0v) is 20.3. The fourth-order valence-corrected chi connectivity index (χ4v) is 9.03. The molecule has 172 valence electrons. The number of ketones is 2. The van der Waals surface area contributed by atoms with Gasteiger partial charge in [0.2, 0.25) is 0 Å². The van der Waals surface area contributed by atoms with E-state index in [1.807, 2.05) is 6.92 Å². The number of hydrogen-bond donors (Lipinski definition) is 1. The maximum absolute atomic E-state index is 13.9. The van der Waals surface area contributed by atoms with Crippen molar-refractivity contribution in [2.24, 2.45) is 44.8 Å². The first-order valence-corrected chi connectivity index (χ1v) is 11.7. The number of allylic oxidation sites excluding steroid dienone is 2. The zero-order valence-electron chi connectivity index (χ0n) is 20.3. The number of hydrogen-bond acceptors (Lipinski definition) is 5. The van der Waals surface area contributed by atoms with Crippen LogP contribution in [0.25, 0.3) is 0 Å². The van der Waals surface area contributed by atoms with E-state index >= 15 is 0 Å². The Balaban J connectivity index is 2.03. The highest BCUT2D eigenvalue weighted by Gasteiger charge is 2.82. The van der Waals surface area contributed by atoms with E-state index in [9.17, 15) is 19.5 Å². The van der Waals surface area contributed by atoms with Crippen LogP contribution in [0.3, 0.4) is 0 Å². The maximum atomic E-state index is 13.9. The van der Waals surface area contributed by atoms with Crippen molar-refractivity contribution in [2.45, 2.75) is 80.3 Å². The quantitative estimate of drug-likeness (QED) is 0.384. The Morgan fingerprint density at radius 2 is 1.68 bits per heavy atom. The lowest BCUT2D eigenvalue weighted by atomic mass is 9.34. The summed E-state index contributed by atoms with van der Waals surface area (Å²) >= 11 is 0. The number of ether oxygens (including phenoxy) is 1. The second kappa shape index (κ2) is 6.30. The third kappa shape index (κ3) is 2.15. The van der Waals surface area contributed by atoms with Crippen LogP contribution < -0.4 is 0 Å². The molecule has 0 aromatic heterocycles. The van der Waals surface area contributed by atoms with Gasteiger partial charge in [-0.1, -0.05) is 39.3 Å². The number of fused-ring (bicyclic) bond motifs is 5. The molecule has 0 bridgehead atoms. The molecule has 1 N–H and O–H groups in total. The van der Waals surface area contributed by atoms with Gasteiger partial charge in [0.25, 0.3) is 0 Å². The smallest absolute Gasteiger partial charge is 0.321 e. The second-order valence-corrected chi connectivity index (χ2v) is 12.0. The molecule has 4 rings (SSSR count). The van der Waals surface area contributed by atoms with Crippen LogP contribution in [0.5, 0.6) is 0 Å². The van der Waals surface area contributed by atoms with Gasteiger partial charge in [-0.3, -0.25) is 14.4 Å². The Morgan fingerprint density at radius 1 is 1.06 bits per heavy atom. The third-order valence-corrected chi connectivity index (χ3v) is 10.8. The molecule has 0 spiro atoms. The van der Waals surface area contributed by atoms with E-state index in [0.717, 1.165) is 18.4 Å². The predicted octanol–water partition coefficient (Wildman–Crippen LogP) is 4.12. The number of Topliss-reactive ketones (excluding diaryl/α,β-unsaturated/α-hetero) is 2. The molecule has 8 unspecified atom stereocenters. The van der Waals surface area contributed by atoms with Gasteiger partial charge in [0.05, 0.1) is 24.5 Å². The highest BCUT2D eigenvalue weighted by molar-refractivity contribution is 6.25. The van der Waals surface area contributed by atoms with Crippen molar-refractivity contribution in [2.75, 3.05) is 7.11 Å². The first-order valence-electron chi connectivity index (χ1n) is 11.7. The number of rotatable bonds is 1. The minimum Gasteiger partial charge on any atom is -0.468 e. The SMILES string of the molecule is COC(=O)C12C(=O)C(C)C(=O)C1(C)C(C)=CC1C3(C)CCC(O)C(C)(C)C3CCC12C. The predicted molar refractivity (Wildman–Crippen MR) is 117 cm³/mol. The lowest BCUT2D eigenvalue weighted by Crippen LogP contribution is -2.69. The monoisotopic (exact) mass is 430 g/mol. The fourth-order valence-electron chi connectivity index (χ4n) is 9.03. The molecule has 4 aliphatic rings. The van der Waals surface area contributed by atoms with E-state index < -0.39 is 28.1 Å². The van der Waals surface area contributed by atoms with Crippen molar-refractivity contribution in [1.29, 1.82) is 0 Å². The molecule has 0 heterocycles. The lowest BCUT2D eigenvalue weighted by molar-refractivity contribution is -0.214. The molecule has 0 aromatic rings. The number of methoxy groups -OCH3 is 1. The number of aliphatic hydroxyl groups excluding tert-OH is 1.